The Hall–Kier alpha value is -3.30. The number of methoxy groups -OCH3 is 1. The van der Waals surface area contributed by atoms with Crippen LogP contribution in [0.3, 0.4) is 0 Å². The minimum Gasteiger partial charge on any atom is -0.493 e. The number of ether oxygens (including phenoxy) is 4. The maximum Gasteiger partial charge on any atom is 0.275 e. The molecule has 2 aromatic carbocycles. The topological polar surface area (TPSA) is 82.2 Å². The normalized spacial score (nSPS) is 14.5. The van der Waals surface area contributed by atoms with Gasteiger partial charge < -0.3 is 24.3 Å². The molecule has 8 nitrogen and oxygen atoms in total. The van der Waals surface area contributed by atoms with Crippen molar-refractivity contribution in [3.8, 4) is 23.0 Å². The SMILES string of the molecule is CCCN(CCC)CCOc1cc(NC(=O)c2csc(C3COc4ccccc4O3)n2)ccc1OC. The molecule has 0 saturated carbocycles. The fourth-order valence-corrected chi connectivity index (χ4v) is 4.81. The quantitative estimate of drug-likeness (QED) is 0.348. The third kappa shape index (κ3) is 6.47. The minimum absolute atomic E-state index is 0.303. The Morgan fingerprint density at radius 2 is 1.89 bits per heavy atom. The molecule has 0 saturated heterocycles. The molecule has 1 N–H and O–H groups in total. The standard InChI is InChI=1S/C27H33N3O5S/c1-4-12-30(13-5-2)14-15-33-24-16-19(10-11-21(24)32-3)28-26(31)20-18-36-27(29-20)25-17-34-22-8-6-7-9-23(22)35-25/h6-11,16,18,25H,4-5,12-15,17H2,1-3H3,(H,28,31). The summed E-state index contributed by atoms with van der Waals surface area (Å²) in [5.74, 6) is 2.30. The van der Waals surface area contributed by atoms with Crippen molar-refractivity contribution in [2.24, 2.45) is 0 Å². The van der Waals surface area contributed by atoms with Crippen molar-refractivity contribution in [1.29, 1.82) is 0 Å². The molecule has 0 aliphatic carbocycles. The van der Waals surface area contributed by atoms with E-state index in [0.717, 1.165) is 32.5 Å². The first-order chi connectivity index (χ1) is 17.6. The predicted molar refractivity (Wildman–Crippen MR) is 141 cm³/mol. The van der Waals surface area contributed by atoms with Gasteiger partial charge in [0.15, 0.2) is 29.1 Å². The van der Waals surface area contributed by atoms with Gasteiger partial charge in [0, 0.05) is 23.7 Å². The third-order valence-corrected chi connectivity index (χ3v) is 6.64. The maximum atomic E-state index is 12.9. The molecular weight excluding hydrogens is 478 g/mol. The lowest BCUT2D eigenvalue weighted by Crippen LogP contribution is -2.30. The molecule has 1 amide bonds. The average molecular weight is 512 g/mol. The zero-order valence-electron chi connectivity index (χ0n) is 21.0. The second-order valence-corrected chi connectivity index (χ2v) is 9.33. The number of anilines is 1. The van der Waals surface area contributed by atoms with E-state index in [1.54, 1.807) is 30.7 Å². The van der Waals surface area contributed by atoms with Crippen molar-refractivity contribution in [3.63, 3.8) is 0 Å². The number of nitrogens with one attached hydrogen (secondary N) is 1. The number of carbonyl (C=O) groups excluding carboxylic acids is 1. The molecular formula is C27H33N3O5S. The molecule has 2 heterocycles. The predicted octanol–water partition coefficient (Wildman–Crippen LogP) is 5.42. The van der Waals surface area contributed by atoms with E-state index in [1.165, 1.54) is 11.3 Å². The third-order valence-electron chi connectivity index (χ3n) is 5.70. The van der Waals surface area contributed by atoms with Crippen LogP contribution in [0.2, 0.25) is 0 Å². The number of rotatable bonds is 12. The molecule has 3 aromatic rings. The fourth-order valence-electron chi connectivity index (χ4n) is 4.00. The van der Waals surface area contributed by atoms with Crippen molar-refractivity contribution in [3.05, 3.63) is 58.5 Å². The monoisotopic (exact) mass is 511 g/mol. The highest BCUT2D eigenvalue weighted by atomic mass is 32.1. The zero-order valence-corrected chi connectivity index (χ0v) is 21.8. The minimum atomic E-state index is -0.354. The Morgan fingerprint density at radius 3 is 2.64 bits per heavy atom. The number of nitrogens with zero attached hydrogens (tertiary/aromatic N) is 2. The van der Waals surface area contributed by atoms with E-state index >= 15 is 0 Å². The van der Waals surface area contributed by atoms with E-state index in [2.05, 4.69) is 29.0 Å². The number of hydrogen-bond donors (Lipinski definition) is 1. The molecule has 0 bridgehead atoms. The lowest BCUT2D eigenvalue weighted by atomic mass is 10.2. The van der Waals surface area contributed by atoms with E-state index in [4.69, 9.17) is 18.9 Å². The van der Waals surface area contributed by atoms with Gasteiger partial charge in [-0.3, -0.25) is 9.69 Å². The van der Waals surface area contributed by atoms with Crippen molar-refractivity contribution in [2.75, 3.05) is 45.3 Å². The average Bonchev–Trinajstić information content (AvgIpc) is 3.40. The first-order valence-electron chi connectivity index (χ1n) is 12.3. The summed E-state index contributed by atoms with van der Waals surface area (Å²) in [5.41, 5.74) is 0.931. The van der Waals surface area contributed by atoms with E-state index < -0.39 is 0 Å². The summed E-state index contributed by atoms with van der Waals surface area (Å²) in [6.45, 7) is 8.17. The van der Waals surface area contributed by atoms with Gasteiger partial charge >= 0.3 is 0 Å². The van der Waals surface area contributed by atoms with Gasteiger partial charge in [-0.25, -0.2) is 4.98 Å². The molecule has 1 unspecified atom stereocenters. The molecule has 0 spiro atoms. The van der Waals surface area contributed by atoms with Crippen LogP contribution in [-0.2, 0) is 0 Å². The van der Waals surface area contributed by atoms with Crippen LogP contribution in [0.15, 0.2) is 47.8 Å². The summed E-state index contributed by atoms with van der Waals surface area (Å²) in [6, 6.07) is 12.9. The summed E-state index contributed by atoms with van der Waals surface area (Å²) >= 11 is 1.37. The van der Waals surface area contributed by atoms with Crippen molar-refractivity contribution in [2.45, 2.75) is 32.8 Å². The van der Waals surface area contributed by atoms with Crippen LogP contribution in [0.4, 0.5) is 5.69 Å². The Bertz CT molecular complexity index is 1150. The molecule has 36 heavy (non-hydrogen) atoms. The van der Waals surface area contributed by atoms with E-state index in [-0.39, 0.29) is 12.0 Å². The van der Waals surface area contributed by atoms with Crippen LogP contribution >= 0.6 is 11.3 Å². The number of thiazole rings is 1. The van der Waals surface area contributed by atoms with E-state index in [1.807, 2.05) is 24.3 Å². The highest BCUT2D eigenvalue weighted by molar-refractivity contribution is 7.09. The van der Waals surface area contributed by atoms with Crippen LogP contribution in [0.25, 0.3) is 0 Å². The van der Waals surface area contributed by atoms with Gasteiger partial charge in [-0.2, -0.15) is 0 Å². The lowest BCUT2D eigenvalue weighted by Gasteiger charge is -2.24. The second kappa shape index (κ2) is 12.6. The molecule has 1 atom stereocenters. The van der Waals surface area contributed by atoms with Gasteiger partial charge in [-0.15, -0.1) is 11.3 Å². The van der Waals surface area contributed by atoms with Gasteiger partial charge in [0.2, 0.25) is 0 Å². The second-order valence-electron chi connectivity index (χ2n) is 8.45. The Balaban J connectivity index is 1.37. The molecule has 1 aliphatic rings. The number of para-hydroxylation sites is 2. The van der Waals surface area contributed by atoms with Crippen molar-refractivity contribution >= 4 is 22.9 Å². The highest BCUT2D eigenvalue weighted by Crippen LogP contribution is 2.37. The highest BCUT2D eigenvalue weighted by Gasteiger charge is 2.26. The van der Waals surface area contributed by atoms with Gasteiger partial charge in [-0.1, -0.05) is 26.0 Å². The Morgan fingerprint density at radius 1 is 1.11 bits per heavy atom. The number of fused-ring (bicyclic) bond motifs is 1. The van der Waals surface area contributed by atoms with Crippen molar-refractivity contribution in [1.82, 2.24) is 9.88 Å². The summed E-state index contributed by atoms with van der Waals surface area (Å²) < 4.78 is 23.3. The van der Waals surface area contributed by atoms with Crippen LogP contribution in [0.5, 0.6) is 23.0 Å². The van der Waals surface area contributed by atoms with E-state index in [9.17, 15) is 4.79 Å². The number of amides is 1. The van der Waals surface area contributed by atoms with Gasteiger partial charge in [0.25, 0.3) is 5.91 Å². The molecule has 1 aliphatic heterocycles. The molecule has 1 aromatic heterocycles. The number of hydrogen-bond acceptors (Lipinski definition) is 8. The maximum absolute atomic E-state index is 12.9. The first kappa shape index (κ1) is 25.8. The van der Waals surface area contributed by atoms with Crippen molar-refractivity contribution < 1.29 is 23.7 Å². The summed E-state index contributed by atoms with van der Waals surface area (Å²) in [6.07, 6.45) is 1.86. The molecule has 192 valence electrons. The Labute approximate surface area is 216 Å². The van der Waals surface area contributed by atoms with Gasteiger partial charge in [0.05, 0.1) is 7.11 Å². The Kier molecular flexibility index (Phi) is 9.02. The van der Waals surface area contributed by atoms with Crippen LogP contribution in [0, 0.1) is 0 Å². The largest absolute Gasteiger partial charge is 0.493 e. The zero-order chi connectivity index (χ0) is 25.3. The number of benzene rings is 2. The first-order valence-corrected chi connectivity index (χ1v) is 13.2. The van der Waals surface area contributed by atoms with Crippen LogP contribution in [0.1, 0.15) is 48.3 Å². The summed E-state index contributed by atoms with van der Waals surface area (Å²) in [4.78, 5) is 19.8. The number of aromatic nitrogens is 1. The van der Waals surface area contributed by atoms with Crippen LogP contribution < -0.4 is 24.3 Å². The molecule has 9 heteroatoms. The smallest absolute Gasteiger partial charge is 0.275 e. The lowest BCUT2D eigenvalue weighted by molar-refractivity contribution is 0.0906. The van der Waals surface area contributed by atoms with Crippen LogP contribution in [-0.4, -0.2) is 55.7 Å². The molecule has 0 radical (unpaired) electrons. The van der Waals surface area contributed by atoms with Gasteiger partial charge in [0.1, 0.15) is 23.9 Å². The number of carbonyl (C=O) groups is 1. The molecule has 4 rings (SSSR count). The fraction of sp³-hybridized carbons (Fsp3) is 0.407. The molecule has 0 fully saturated rings. The van der Waals surface area contributed by atoms with Gasteiger partial charge in [-0.05, 0) is 50.2 Å². The summed E-state index contributed by atoms with van der Waals surface area (Å²) in [7, 11) is 1.60. The van der Waals surface area contributed by atoms with E-state index in [0.29, 0.717) is 52.6 Å². The summed E-state index contributed by atoms with van der Waals surface area (Å²) in [5, 5.41) is 5.33.